The van der Waals surface area contributed by atoms with Crippen LogP contribution in [-0.2, 0) is 4.74 Å². The minimum atomic E-state index is 0.264. The van der Waals surface area contributed by atoms with Crippen LogP contribution in [0.5, 0.6) is 0 Å². The minimum absolute atomic E-state index is 0.264. The minimum Gasteiger partial charge on any atom is -0.375 e. The first-order chi connectivity index (χ1) is 8.70. The fraction of sp³-hybridized carbons (Fsp3) is 0.692. The molecule has 0 spiro atoms. The fourth-order valence-corrected chi connectivity index (χ4v) is 2.09. The molecule has 5 heteroatoms. The van der Waals surface area contributed by atoms with Gasteiger partial charge in [-0.2, -0.15) is 4.98 Å². The average Bonchev–Trinajstić information content (AvgIpc) is 2.38. The van der Waals surface area contributed by atoms with E-state index in [0.717, 1.165) is 50.0 Å². The third kappa shape index (κ3) is 3.10. The van der Waals surface area contributed by atoms with Crippen molar-refractivity contribution >= 4 is 11.8 Å². The van der Waals surface area contributed by atoms with Gasteiger partial charge in [-0.1, -0.05) is 6.92 Å². The summed E-state index contributed by atoms with van der Waals surface area (Å²) in [6, 6.07) is 0. The molecular formula is C13H22N4O. The number of nitrogens with zero attached hydrogens (tertiary/aromatic N) is 3. The van der Waals surface area contributed by atoms with Gasteiger partial charge in [0.2, 0.25) is 5.95 Å². The highest BCUT2D eigenvalue weighted by Gasteiger charge is 2.19. The summed E-state index contributed by atoms with van der Waals surface area (Å²) in [7, 11) is 0. The molecule has 1 aromatic rings. The van der Waals surface area contributed by atoms with Crippen LogP contribution in [0.25, 0.3) is 0 Å². The highest BCUT2D eigenvalue weighted by molar-refractivity contribution is 5.49. The topological polar surface area (TPSA) is 50.3 Å². The Morgan fingerprint density at radius 2 is 2.39 bits per heavy atom. The van der Waals surface area contributed by atoms with Gasteiger partial charge in [0.05, 0.1) is 12.7 Å². The van der Waals surface area contributed by atoms with Gasteiger partial charge in [0, 0.05) is 31.4 Å². The monoisotopic (exact) mass is 250 g/mol. The van der Waals surface area contributed by atoms with Gasteiger partial charge >= 0.3 is 0 Å². The zero-order valence-corrected chi connectivity index (χ0v) is 11.4. The highest BCUT2D eigenvalue weighted by atomic mass is 16.5. The second-order valence-electron chi connectivity index (χ2n) is 4.75. The van der Waals surface area contributed by atoms with Crippen LogP contribution in [0.1, 0.15) is 25.8 Å². The van der Waals surface area contributed by atoms with Gasteiger partial charge in [-0.05, 0) is 20.3 Å². The molecule has 2 rings (SSSR count). The number of hydrogen-bond acceptors (Lipinski definition) is 5. The van der Waals surface area contributed by atoms with Crippen molar-refractivity contribution < 1.29 is 4.74 Å². The molecule has 1 aromatic heterocycles. The molecule has 0 radical (unpaired) electrons. The summed E-state index contributed by atoms with van der Waals surface area (Å²) in [4.78, 5) is 11.2. The van der Waals surface area contributed by atoms with Crippen molar-refractivity contribution in [3.8, 4) is 0 Å². The second kappa shape index (κ2) is 6.00. The Morgan fingerprint density at radius 1 is 1.56 bits per heavy atom. The lowest BCUT2D eigenvalue weighted by Gasteiger charge is -2.32. The van der Waals surface area contributed by atoms with Gasteiger partial charge < -0.3 is 15.0 Å². The molecule has 1 atom stereocenters. The Morgan fingerprint density at radius 3 is 3.11 bits per heavy atom. The number of nitrogens with one attached hydrogen (secondary N) is 1. The molecule has 1 aliphatic heterocycles. The summed E-state index contributed by atoms with van der Waals surface area (Å²) in [6.07, 6.45) is 3.22. The van der Waals surface area contributed by atoms with Crippen LogP contribution in [0.15, 0.2) is 6.20 Å². The number of rotatable bonds is 4. The molecule has 0 saturated carbocycles. The molecule has 2 heterocycles. The van der Waals surface area contributed by atoms with Crippen molar-refractivity contribution in [2.75, 3.05) is 36.5 Å². The van der Waals surface area contributed by atoms with Gasteiger partial charge in [0.25, 0.3) is 0 Å². The zero-order chi connectivity index (χ0) is 13.0. The summed E-state index contributed by atoms with van der Waals surface area (Å²) in [5, 5.41) is 3.23. The Balaban J connectivity index is 2.14. The van der Waals surface area contributed by atoms with Crippen LogP contribution in [-0.4, -0.2) is 42.3 Å². The molecule has 1 fully saturated rings. The molecule has 0 aromatic carbocycles. The third-order valence-corrected chi connectivity index (χ3v) is 3.02. The molecule has 0 amide bonds. The van der Waals surface area contributed by atoms with E-state index in [0.29, 0.717) is 0 Å². The van der Waals surface area contributed by atoms with Crippen LogP contribution in [0.3, 0.4) is 0 Å². The predicted octanol–water partition coefficient (Wildman–Crippen LogP) is 1.83. The van der Waals surface area contributed by atoms with Gasteiger partial charge in [0.15, 0.2) is 0 Å². The molecule has 0 aliphatic carbocycles. The first-order valence-corrected chi connectivity index (χ1v) is 6.64. The van der Waals surface area contributed by atoms with E-state index in [2.05, 4.69) is 41.0 Å². The molecule has 0 bridgehead atoms. The highest BCUT2D eigenvalue weighted by Crippen LogP contribution is 2.20. The SMILES string of the molecule is CCCNc1ncc(C)c(N2CCOC(C)C2)n1. The number of morpholine rings is 1. The van der Waals surface area contributed by atoms with E-state index < -0.39 is 0 Å². The van der Waals surface area contributed by atoms with Crippen molar-refractivity contribution in [2.24, 2.45) is 0 Å². The lowest BCUT2D eigenvalue weighted by molar-refractivity contribution is 0.0529. The van der Waals surface area contributed by atoms with Gasteiger partial charge in [-0.3, -0.25) is 0 Å². The summed E-state index contributed by atoms with van der Waals surface area (Å²) in [5.74, 6) is 1.75. The van der Waals surface area contributed by atoms with E-state index in [1.807, 2.05) is 6.20 Å². The van der Waals surface area contributed by atoms with E-state index in [-0.39, 0.29) is 6.10 Å². The number of aromatic nitrogens is 2. The Bertz CT molecular complexity index is 397. The summed E-state index contributed by atoms with van der Waals surface area (Å²) in [5.41, 5.74) is 1.12. The van der Waals surface area contributed by atoms with Crippen molar-refractivity contribution in [1.82, 2.24) is 9.97 Å². The van der Waals surface area contributed by atoms with Crippen LogP contribution < -0.4 is 10.2 Å². The van der Waals surface area contributed by atoms with Crippen molar-refractivity contribution in [1.29, 1.82) is 0 Å². The normalized spacial score (nSPS) is 19.9. The summed E-state index contributed by atoms with van der Waals surface area (Å²) in [6.45, 7) is 9.74. The van der Waals surface area contributed by atoms with E-state index in [1.54, 1.807) is 0 Å². The maximum atomic E-state index is 5.56. The quantitative estimate of drug-likeness (QED) is 0.883. The van der Waals surface area contributed by atoms with Crippen LogP contribution in [0.2, 0.25) is 0 Å². The van der Waals surface area contributed by atoms with Crippen LogP contribution in [0, 0.1) is 6.92 Å². The number of anilines is 2. The molecular weight excluding hydrogens is 228 g/mol. The smallest absolute Gasteiger partial charge is 0.224 e. The maximum Gasteiger partial charge on any atom is 0.224 e. The number of ether oxygens (including phenoxy) is 1. The van der Waals surface area contributed by atoms with E-state index in [1.165, 1.54) is 0 Å². The fourth-order valence-electron chi connectivity index (χ4n) is 2.09. The molecule has 100 valence electrons. The summed E-state index contributed by atoms with van der Waals surface area (Å²) >= 11 is 0. The lowest BCUT2D eigenvalue weighted by Crippen LogP contribution is -2.42. The molecule has 5 nitrogen and oxygen atoms in total. The van der Waals surface area contributed by atoms with Crippen LogP contribution in [0.4, 0.5) is 11.8 Å². The first kappa shape index (κ1) is 13.1. The number of hydrogen-bond donors (Lipinski definition) is 1. The molecule has 1 saturated heterocycles. The summed E-state index contributed by atoms with van der Waals surface area (Å²) < 4.78 is 5.56. The third-order valence-electron chi connectivity index (χ3n) is 3.02. The Kier molecular flexibility index (Phi) is 4.36. The molecule has 18 heavy (non-hydrogen) atoms. The maximum absolute atomic E-state index is 5.56. The Labute approximate surface area is 109 Å². The van der Waals surface area contributed by atoms with Crippen molar-refractivity contribution in [2.45, 2.75) is 33.3 Å². The van der Waals surface area contributed by atoms with Crippen molar-refractivity contribution in [3.63, 3.8) is 0 Å². The van der Waals surface area contributed by atoms with E-state index in [9.17, 15) is 0 Å². The molecule has 1 N–H and O–H groups in total. The molecule has 1 aliphatic rings. The largest absolute Gasteiger partial charge is 0.375 e. The van der Waals surface area contributed by atoms with Crippen LogP contribution >= 0.6 is 0 Å². The van der Waals surface area contributed by atoms with Gasteiger partial charge in [-0.15, -0.1) is 0 Å². The van der Waals surface area contributed by atoms with Crippen molar-refractivity contribution in [3.05, 3.63) is 11.8 Å². The first-order valence-electron chi connectivity index (χ1n) is 6.64. The predicted molar refractivity (Wildman–Crippen MR) is 73.2 cm³/mol. The van der Waals surface area contributed by atoms with Gasteiger partial charge in [0.1, 0.15) is 5.82 Å². The zero-order valence-electron chi connectivity index (χ0n) is 11.4. The standard InChI is InChI=1S/C13H22N4O/c1-4-5-14-13-15-8-10(2)12(16-13)17-6-7-18-11(3)9-17/h8,11H,4-7,9H2,1-3H3,(H,14,15,16). The number of aryl methyl sites for hydroxylation is 1. The second-order valence-corrected chi connectivity index (χ2v) is 4.75. The average molecular weight is 250 g/mol. The van der Waals surface area contributed by atoms with Gasteiger partial charge in [-0.25, -0.2) is 4.98 Å². The lowest BCUT2D eigenvalue weighted by atomic mass is 10.2. The van der Waals surface area contributed by atoms with E-state index >= 15 is 0 Å². The Hall–Kier alpha value is -1.36. The molecule has 1 unspecified atom stereocenters. The van der Waals surface area contributed by atoms with E-state index in [4.69, 9.17) is 4.74 Å².